The van der Waals surface area contributed by atoms with E-state index in [1.807, 2.05) is 13.0 Å². The van der Waals surface area contributed by atoms with Gasteiger partial charge in [-0.05, 0) is 110 Å². The Morgan fingerprint density at radius 2 is 1.69 bits per heavy atom. The molecule has 29 heavy (non-hydrogen) atoms. The number of aliphatic imine (C=N–C) groups is 1. The Morgan fingerprint density at radius 3 is 2.28 bits per heavy atom. The van der Waals surface area contributed by atoms with Crippen molar-refractivity contribution >= 4 is 17.9 Å². The van der Waals surface area contributed by atoms with E-state index in [0.29, 0.717) is 0 Å². The van der Waals surface area contributed by atoms with E-state index >= 15 is 0 Å². The van der Waals surface area contributed by atoms with Crippen LogP contribution in [0, 0.1) is 24.7 Å². The molecule has 4 saturated carbocycles. The van der Waals surface area contributed by atoms with E-state index < -0.39 is 5.97 Å². The summed E-state index contributed by atoms with van der Waals surface area (Å²) in [7, 11) is 0. The highest BCUT2D eigenvalue weighted by molar-refractivity contribution is 5.89. The van der Waals surface area contributed by atoms with E-state index in [-0.39, 0.29) is 16.7 Å². The fourth-order valence-electron chi connectivity index (χ4n) is 6.52. The molecule has 4 heteroatoms. The van der Waals surface area contributed by atoms with Crippen LogP contribution in [0.3, 0.4) is 0 Å². The van der Waals surface area contributed by atoms with Crippen molar-refractivity contribution < 1.29 is 15.0 Å². The van der Waals surface area contributed by atoms with E-state index in [1.165, 1.54) is 44.1 Å². The maximum atomic E-state index is 11.1. The molecule has 0 spiro atoms. The van der Waals surface area contributed by atoms with Crippen LogP contribution >= 0.6 is 0 Å². The first-order valence-corrected chi connectivity index (χ1v) is 10.6. The molecule has 0 unspecified atom stereocenters. The van der Waals surface area contributed by atoms with Crippen LogP contribution in [0.5, 0.6) is 5.75 Å². The zero-order valence-electron chi connectivity index (χ0n) is 16.8. The standard InChI is InChI=1S/C25H27NO3/c1-15-6-19(24(28)29)2-4-22(15)26-14-20-10-21(3-5-23(20)27)25-11-16-7-17(12-25)9-18(8-16)13-25/h2-6,10,14,16-18,27H,7-9,11-13H2,1H3,(H,28,29). The van der Waals surface area contributed by atoms with Gasteiger partial charge in [-0.15, -0.1) is 0 Å². The summed E-state index contributed by atoms with van der Waals surface area (Å²) >= 11 is 0. The summed E-state index contributed by atoms with van der Waals surface area (Å²) in [5, 5.41) is 19.5. The highest BCUT2D eigenvalue weighted by atomic mass is 16.4. The van der Waals surface area contributed by atoms with E-state index in [1.54, 1.807) is 24.4 Å². The molecule has 2 aromatic carbocycles. The van der Waals surface area contributed by atoms with Crippen molar-refractivity contribution in [1.29, 1.82) is 0 Å². The average molecular weight is 389 g/mol. The highest BCUT2D eigenvalue weighted by Gasteiger charge is 2.51. The van der Waals surface area contributed by atoms with E-state index in [2.05, 4.69) is 17.1 Å². The van der Waals surface area contributed by atoms with Gasteiger partial charge in [0.2, 0.25) is 0 Å². The fourth-order valence-corrected chi connectivity index (χ4v) is 6.52. The van der Waals surface area contributed by atoms with Gasteiger partial charge in [-0.2, -0.15) is 0 Å². The van der Waals surface area contributed by atoms with Crippen molar-refractivity contribution in [3.8, 4) is 5.75 Å². The topological polar surface area (TPSA) is 69.9 Å². The van der Waals surface area contributed by atoms with Crippen molar-refractivity contribution in [3.63, 3.8) is 0 Å². The number of phenolic OH excluding ortho intramolecular Hbond substituents is 1. The number of rotatable bonds is 4. The molecule has 0 aromatic heterocycles. The monoisotopic (exact) mass is 389 g/mol. The number of hydrogen-bond acceptors (Lipinski definition) is 3. The summed E-state index contributed by atoms with van der Waals surface area (Å²) in [6.45, 7) is 1.85. The van der Waals surface area contributed by atoms with Crippen LogP contribution in [0.25, 0.3) is 0 Å². The van der Waals surface area contributed by atoms with Crippen LogP contribution in [0.2, 0.25) is 0 Å². The zero-order chi connectivity index (χ0) is 20.2. The van der Waals surface area contributed by atoms with Gasteiger partial charge in [0.15, 0.2) is 0 Å². The Balaban J connectivity index is 1.45. The predicted octanol–water partition coefficient (Wildman–Crippen LogP) is 5.62. The number of carboxylic acids is 1. The van der Waals surface area contributed by atoms with Crippen LogP contribution in [-0.4, -0.2) is 22.4 Å². The Morgan fingerprint density at radius 1 is 1.03 bits per heavy atom. The number of aromatic hydroxyl groups is 1. The van der Waals surface area contributed by atoms with Gasteiger partial charge in [0.05, 0.1) is 11.3 Å². The van der Waals surface area contributed by atoms with E-state index in [0.717, 1.165) is 34.6 Å². The second kappa shape index (κ2) is 6.72. The Bertz CT molecular complexity index is 972. The minimum absolute atomic E-state index is 0.238. The van der Waals surface area contributed by atoms with Gasteiger partial charge >= 0.3 is 5.97 Å². The SMILES string of the molecule is Cc1cc(C(=O)O)ccc1N=Cc1cc(C23CC4CC(CC(C4)C2)C3)ccc1O. The Hall–Kier alpha value is -2.62. The largest absolute Gasteiger partial charge is 0.507 e. The second-order valence-corrected chi connectivity index (χ2v) is 9.54. The van der Waals surface area contributed by atoms with Crippen LogP contribution in [0.1, 0.15) is 65.6 Å². The predicted molar refractivity (Wildman–Crippen MR) is 113 cm³/mol. The van der Waals surface area contributed by atoms with Crippen LogP contribution in [-0.2, 0) is 5.41 Å². The molecule has 4 fully saturated rings. The van der Waals surface area contributed by atoms with Crippen molar-refractivity contribution in [2.45, 2.75) is 50.9 Å². The summed E-state index contributed by atoms with van der Waals surface area (Å²) in [6, 6.07) is 11.0. The van der Waals surface area contributed by atoms with Crippen molar-refractivity contribution in [1.82, 2.24) is 0 Å². The lowest BCUT2D eigenvalue weighted by atomic mass is 9.48. The summed E-state index contributed by atoms with van der Waals surface area (Å²) in [4.78, 5) is 15.7. The van der Waals surface area contributed by atoms with Crippen molar-refractivity contribution in [2.24, 2.45) is 22.7 Å². The van der Waals surface area contributed by atoms with E-state index in [9.17, 15) is 9.90 Å². The number of carbonyl (C=O) groups is 1. The lowest BCUT2D eigenvalue weighted by Gasteiger charge is -2.57. The molecule has 2 N–H and O–H groups in total. The van der Waals surface area contributed by atoms with Gasteiger partial charge in [-0.1, -0.05) is 6.07 Å². The van der Waals surface area contributed by atoms with Gasteiger partial charge in [0.25, 0.3) is 0 Å². The van der Waals surface area contributed by atoms with Gasteiger partial charge < -0.3 is 10.2 Å². The van der Waals surface area contributed by atoms with Crippen LogP contribution in [0.4, 0.5) is 5.69 Å². The minimum atomic E-state index is -0.940. The number of aromatic carboxylic acids is 1. The van der Waals surface area contributed by atoms with Crippen LogP contribution < -0.4 is 0 Å². The third-order valence-corrected chi connectivity index (χ3v) is 7.46. The summed E-state index contributed by atoms with van der Waals surface area (Å²) in [5.74, 6) is 1.93. The number of hydrogen-bond donors (Lipinski definition) is 2. The second-order valence-electron chi connectivity index (χ2n) is 9.54. The lowest BCUT2D eigenvalue weighted by molar-refractivity contribution is -0.00520. The lowest BCUT2D eigenvalue weighted by Crippen LogP contribution is -2.48. The average Bonchev–Trinajstić information content (AvgIpc) is 2.67. The maximum absolute atomic E-state index is 11.1. The number of aryl methyl sites for hydroxylation is 1. The number of phenols is 1. The third-order valence-electron chi connectivity index (χ3n) is 7.46. The Labute approximate surface area is 171 Å². The smallest absolute Gasteiger partial charge is 0.335 e. The first kappa shape index (κ1) is 18.4. The molecule has 4 aliphatic rings. The normalized spacial score (nSPS) is 30.2. The number of nitrogens with zero attached hydrogens (tertiary/aromatic N) is 1. The summed E-state index contributed by atoms with van der Waals surface area (Å²) < 4.78 is 0. The van der Waals surface area contributed by atoms with E-state index in [4.69, 9.17) is 5.11 Å². The number of benzene rings is 2. The molecular formula is C25H27NO3. The molecule has 0 radical (unpaired) electrons. The number of carboxylic acid groups (broad SMARTS) is 1. The van der Waals surface area contributed by atoms with Gasteiger partial charge in [0.1, 0.15) is 5.75 Å². The van der Waals surface area contributed by atoms with Gasteiger partial charge in [0, 0.05) is 11.8 Å². The molecule has 0 saturated heterocycles. The molecule has 6 rings (SSSR count). The third kappa shape index (κ3) is 3.25. The van der Waals surface area contributed by atoms with Crippen molar-refractivity contribution in [3.05, 3.63) is 58.7 Å². The maximum Gasteiger partial charge on any atom is 0.335 e. The molecular weight excluding hydrogens is 362 g/mol. The first-order chi connectivity index (χ1) is 13.9. The molecule has 2 aromatic rings. The van der Waals surface area contributed by atoms with Crippen LogP contribution in [0.15, 0.2) is 41.4 Å². The zero-order valence-corrected chi connectivity index (χ0v) is 16.8. The molecule has 0 heterocycles. The molecule has 4 nitrogen and oxygen atoms in total. The Kier molecular flexibility index (Phi) is 4.27. The quantitative estimate of drug-likeness (QED) is 0.667. The highest BCUT2D eigenvalue weighted by Crippen LogP contribution is 2.60. The molecule has 4 bridgehead atoms. The molecule has 150 valence electrons. The summed E-state index contributed by atoms with van der Waals surface area (Å²) in [5.41, 5.74) is 4.15. The molecule has 0 amide bonds. The van der Waals surface area contributed by atoms with Gasteiger partial charge in [-0.3, -0.25) is 4.99 Å². The summed E-state index contributed by atoms with van der Waals surface area (Å²) in [6.07, 6.45) is 9.82. The molecule has 0 aliphatic heterocycles. The first-order valence-electron chi connectivity index (χ1n) is 10.6. The minimum Gasteiger partial charge on any atom is -0.507 e. The van der Waals surface area contributed by atoms with Gasteiger partial charge in [-0.25, -0.2) is 4.79 Å². The fraction of sp³-hybridized carbons (Fsp3) is 0.440. The molecule has 0 atom stereocenters. The van der Waals surface area contributed by atoms with Crippen molar-refractivity contribution in [2.75, 3.05) is 0 Å². The molecule has 4 aliphatic carbocycles.